The fourth-order valence-corrected chi connectivity index (χ4v) is 2.99. The molecule has 15 heavy (non-hydrogen) atoms. The number of rotatable bonds is 1. The molecule has 6 heteroatoms. The first-order valence-electron chi connectivity index (χ1n) is 4.45. The van der Waals surface area contributed by atoms with Crippen LogP contribution in [-0.2, 0) is 16.4 Å². The zero-order valence-corrected chi connectivity index (χ0v) is 8.99. The number of nitrogens with zero attached hydrogens (tertiary/aromatic N) is 1. The molecule has 1 aliphatic rings. The molecule has 2 rings (SSSR count). The molecular formula is C9H11NO4S. The lowest BCUT2D eigenvalue weighted by atomic mass is 10.1. The second-order valence-electron chi connectivity index (χ2n) is 3.24. The third kappa shape index (κ3) is 1.50. The van der Waals surface area contributed by atoms with Crippen LogP contribution in [0.1, 0.15) is 5.56 Å². The Hall–Kier alpha value is -1.11. The highest BCUT2D eigenvalue weighted by molar-refractivity contribution is 7.89. The summed E-state index contributed by atoms with van der Waals surface area (Å²) in [6.07, 6.45) is 0.453. The molecule has 1 aromatic rings. The van der Waals surface area contributed by atoms with Gasteiger partial charge in [0, 0.05) is 12.1 Å². The predicted octanol–water partition coefficient (Wildman–Crippen LogP) is 0.631. The predicted molar refractivity (Wildman–Crippen MR) is 52.4 cm³/mol. The minimum absolute atomic E-state index is 0.0652. The van der Waals surface area contributed by atoms with Crippen LogP contribution in [0, 0.1) is 0 Å². The highest BCUT2D eigenvalue weighted by Gasteiger charge is 2.31. The first kappa shape index (κ1) is 10.4. The lowest BCUT2D eigenvalue weighted by Crippen LogP contribution is -2.34. The number of hydrogen-bond donors (Lipinski definition) is 1. The Labute approximate surface area is 87.9 Å². The summed E-state index contributed by atoms with van der Waals surface area (Å²) in [5.41, 5.74) is 0.630. The zero-order chi connectivity index (χ0) is 11.1. The van der Waals surface area contributed by atoms with Gasteiger partial charge in [-0.3, -0.25) is 5.21 Å². The van der Waals surface area contributed by atoms with Gasteiger partial charge in [-0.25, -0.2) is 8.42 Å². The highest BCUT2D eigenvalue weighted by Crippen LogP contribution is 2.31. The van der Waals surface area contributed by atoms with Crippen molar-refractivity contribution in [1.29, 1.82) is 0 Å². The average molecular weight is 229 g/mol. The van der Waals surface area contributed by atoms with E-state index < -0.39 is 10.0 Å². The molecule has 0 radical (unpaired) electrons. The quantitative estimate of drug-likeness (QED) is 0.767. The Morgan fingerprint density at radius 1 is 1.47 bits per heavy atom. The smallest absolute Gasteiger partial charge is 0.265 e. The molecule has 82 valence electrons. The number of hydroxylamine groups is 1. The molecule has 0 atom stereocenters. The van der Waals surface area contributed by atoms with Gasteiger partial charge in [0.25, 0.3) is 10.0 Å². The van der Waals surface area contributed by atoms with Crippen LogP contribution in [-0.4, -0.2) is 31.7 Å². The normalized spacial score (nSPS) is 19.6. The Morgan fingerprint density at radius 3 is 2.87 bits per heavy atom. The lowest BCUT2D eigenvalue weighted by molar-refractivity contribution is 0.00122. The van der Waals surface area contributed by atoms with Crippen molar-refractivity contribution in [2.75, 3.05) is 13.7 Å². The van der Waals surface area contributed by atoms with Crippen LogP contribution in [0.2, 0.25) is 0 Å². The molecule has 0 saturated heterocycles. The molecule has 0 aromatic heterocycles. The summed E-state index contributed by atoms with van der Waals surface area (Å²) in [5.74, 6) is 0.546. The van der Waals surface area contributed by atoms with Crippen molar-refractivity contribution < 1.29 is 18.4 Å². The van der Waals surface area contributed by atoms with Gasteiger partial charge in [0.1, 0.15) is 5.75 Å². The molecule has 1 N–H and O–H groups in total. The van der Waals surface area contributed by atoms with Crippen molar-refractivity contribution in [3.05, 3.63) is 23.8 Å². The van der Waals surface area contributed by atoms with E-state index in [0.717, 1.165) is 0 Å². The van der Waals surface area contributed by atoms with E-state index in [2.05, 4.69) is 0 Å². The van der Waals surface area contributed by atoms with Gasteiger partial charge >= 0.3 is 0 Å². The van der Waals surface area contributed by atoms with E-state index >= 15 is 0 Å². The second kappa shape index (κ2) is 3.48. The number of sulfonamides is 1. The van der Waals surface area contributed by atoms with Gasteiger partial charge in [0.2, 0.25) is 0 Å². The van der Waals surface area contributed by atoms with Crippen molar-refractivity contribution in [2.24, 2.45) is 0 Å². The van der Waals surface area contributed by atoms with Gasteiger partial charge in [-0.05, 0) is 18.6 Å². The van der Waals surface area contributed by atoms with Crippen molar-refractivity contribution in [3.8, 4) is 5.75 Å². The molecule has 0 amide bonds. The van der Waals surface area contributed by atoms with Crippen LogP contribution in [0.4, 0.5) is 0 Å². The van der Waals surface area contributed by atoms with Crippen LogP contribution in [0.3, 0.4) is 0 Å². The number of ether oxygens (including phenoxy) is 1. The van der Waals surface area contributed by atoms with Crippen LogP contribution >= 0.6 is 0 Å². The zero-order valence-electron chi connectivity index (χ0n) is 8.17. The van der Waals surface area contributed by atoms with E-state index in [0.29, 0.717) is 22.2 Å². The Morgan fingerprint density at radius 2 is 2.20 bits per heavy atom. The highest BCUT2D eigenvalue weighted by atomic mass is 32.2. The topological polar surface area (TPSA) is 66.8 Å². The van der Waals surface area contributed by atoms with Gasteiger partial charge in [0.15, 0.2) is 0 Å². The fraction of sp³-hybridized carbons (Fsp3) is 0.333. The molecular weight excluding hydrogens is 218 g/mol. The summed E-state index contributed by atoms with van der Waals surface area (Å²) in [6, 6.07) is 4.77. The molecule has 0 spiro atoms. The number of fused-ring (bicyclic) bond motifs is 1. The molecule has 1 aliphatic heterocycles. The molecule has 1 aromatic carbocycles. The van der Waals surface area contributed by atoms with E-state index in [9.17, 15) is 13.6 Å². The van der Waals surface area contributed by atoms with Crippen LogP contribution in [0.5, 0.6) is 5.75 Å². The van der Waals surface area contributed by atoms with Crippen molar-refractivity contribution in [1.82, 2.24) is 4.47 Å². The summed E-state index contributed by atoms with van der Waals surface area (Å²) in [6.45, 7) is 0.0652. The van der Waals surface area contributed by atoms with Gasteiger partial charge in [0.05, 0.1) is 12.0 Å². The number of benzene rings is 1. The minimum Gasteiger partial charge on any atom is -0.496 e. The first-order chi connectivity index (χ1) is 7.07. The Kier molecular flexibility index (Phi) is 2.41. The third-order valence-electron chi connectivity index (χ3n) is 2.42. The maximum atomic E-state index is 11.7. The minimum atomic E-state index is -3.74. The molecule has 0 bridgehead atoms. The van der Waals surface area contributed by atoms with E-state index in [-0.39, 0.29) is 11.4 Å². The van der Waals surface area contributed by atoms with Gasteiger partial charge in [-0.15, -0.1) is 0 Å². The Balaban J connectivity index is 2.67. The van der Waals surface area contributed by atoms with Crippen molar-refractivity contribution in [2.45, 2.75) is 11.3 Å². The van der Waals surface area contributed by atoms with E-state index in [4.69, 9.17) is 4.74 Å². The molecule has 0 unspecified atom stereocenters. The standard InChI is InChI=1S/C9H11NO4S/c1-14-8-3-2-4-9-7(8)5-6-10(11)15(9,12)13/h2-4,11H,5-6H2,1H3. The van der Waals surface area contributed by atoms with Crippen LogP contribution in [0.25, 0.3) is 0 Å². The largest absolute Gasteiger partial charge is 0.496 e. The van der Waals surface area contributed by atoms with Crippen molar-refractivity contribution >= 4 is 10.0 Å². The SMILES string of the molecule is COc1cccc2c1CCN(O)S2(=O)=O. The number of methoxy groups -OCH3 is 1. The summed E-state index contributed by atoms with van der Waals surface area (Å²) in [5, 5.41) is 9.25. The van der Waals surface area contributed by atoms with E-state index in [1.54, 1.807) is 12.1 Å². The Bertz CT molecular complexity index is 483. The van der Waals surface area contributed by atoms with Gasteiger partial charge in [-0.2, -0.15) is 0 Å². The lowest BCUT2D eigenvalue weighted by Gasteiger charge is -2.24. The van der Waals surface area contributed by atoms with Crippen molar-refractivity contribution in [3.63, 3.8) is 0 Å². The third-order valence-corrected chi connectivity index (χ3v) is 4.09. The van der Waals surface area contributed by atoms with Gasteiger partial charge < -0.3 is 4.74 Å². The summed E-state index contributed by atoms with van der Waals surface area (Å²) in [4.78, 5) is 0.121. The maximum Gasteiger partial charge on any atom is 0.265 e. The summed E-state index contributed by atoms with van der Waals surface area (Å²) in [7, 11) is -2.25. The first-order valence-corrected chi connectivity index (χ1v) is 5.89. The summed E-state index contributed by atoms with van der Waals surface area (Å²) >= 11 is 0. The monoisotopic (exact) mass is 229 g/mol. The average Bonchev–Trinajstić information content (AvgIpc) is 2.23. The molecule has 0 fully saturated rings. The maximum absolute atomic E-state index is 11.7. The van der Waals surface area contributed by atoms with E-state index in [1.165, 1.54) is 13.2 Å². The van der Waals surface area contributed by atoms with E-state index in [1.807, 2.05) is 0 Å². The molecule has 1 heterocycles. The van der Waals surface area contributed by atoms with Gasteiger partial charge in [-0.1, -0.05) is 10.5 Å². The van der Waals surface area contributed by atoms with Crippen LogP contribution in [0.15, 0.2) is 23.1 Å². The summed E-state index contributed by atoms with van der Waals surface area (Å²) < 4.78 is 28.8. The number of hydrogen-bond acceptors (Lipinski definition) is 4. The second-order valence-corrected chi connectivity index (χ2v) is 5.05. The molecule has 0 aliphatic carbocycles. The molecule has 0 saturated carbocycles. The fourth-order valence-electron chi connectivity index (χ4n) is 1.67. The van der Waals surface area contributed by atoms with Crippen LogP contribution < -0.4 is 4.74 Å². The molecule has 5 nitrogen and oxygen atoms in total.